The molecule has 1 aliphatic carbocycles. The van der Waals surface area contributed by atoms with E-state index in [9.17, 15) is 9.90 Å². The zero-order valence-corrected chi connectivity index (χ0v) is 20.4. The molecule has 5 rings (SSSR count). The van der Waals surface area contributed by atoms with Crippen LogP contribution in [-0.2, 0) is 17.6 Å². The molecule has 2 aromatic heterocycles. The lowest BCUT2D eigenvalue weighted by atomic mass is 9.94. The van der Waals surface area contributed by atoms with Crippen LogP contribution in [0, 0.1) is 13.8 Å². The summed E-state index contributed by atoms with van der Waals surface area (Å²) in [6.45, 7) is 6.17. The number of aliphatic imine (C=N–C) groups is 1. The summed E-state index contributed by atoms with van der Waals surface area (Å²) in [4.78, 5) is 17.7. The minimum atomic E-state index is -0.394. The number of esters is 1. The van der Waals surface area contributed by atoms with Gasteiger partial charge in [-0.05, 0) is 63.3 Å². The molecule has 0 saturated carbocycles. The van der Waals surface area contributed by atoms with Gasteiger partial charge in [0.2, 0.25) is 0 Å². The van der Waals surface area contributed by atoms with E-state index < -0.39 is 5.97 Å². The second-order valence-electron chi connectivity index (χ2n) is 8.71. The van der Waals surface area contributed by atoms with Gasteiger partial charge in [-0.25, -0.2) is 9.79 Å². The predicted octanol–water partition coefficient (Wildman–Crippen LogP) is 7.29. The highest BCUT2D eigenvalue weighted by atomic mass is 32.1. The highest BCUT2D eigenvalue weighted by Gasteiger charge is 2.24. The highest BCUT2D eigenvalue weighted by Crippen LogP contribution is 2.41. The van der Waals surface area contributed by atoms with E-state index >= 15 is 0 Å². The third-order valence-electron chi connectivity index (χ3n) is 6.37. The van der Waals surface area contributed by atoms with Gasteiger partial charge in [0, 0.05) is 40.1 Å². The Kier molecular flexibility index (Phi) is 6.00. The van der Waals surface area contributed by atoms with Crippen molar-refractivity contribution in [3.63, 3.8) is 0 Å². The molecule has 0 fully saturated rings. The molecular formula is C28H27NO4S. The number of nitrogens with zero attached hydrogens (tertiary/aromatic N) is 1. The molecular weight excluding hydrogens is 446 g/mol. The van der Waals surface area contributed by atoms with Crippen LogP contribution in [0.4, 0.5) is 5.00 Å². The lowest BCUT2D eigenvalue weighted by molar-refractivity contribution is 0.0529. The number of furan rings is 1. The molecule has 2 heterocycles. The van der Waals surface area contributed by atoms with Crippen molar-refractivity contribution in [3.05, 3.63) is 69.3 Å². The third kappa shape index (κ3) is 3.92. The SMILES string of the molecule is CCOC(=O)c1c(-c2ccc(C)cc2C)csc1N=Cc1c(O)ccc2oc3c(c12)CCCC3. The number of ether oxygens (including phenoxy) is 1. The van der Waals surface area contributed by atoms with Gasteiger partial charge in [0.05, 0.1) is 6.61 Å². The van der Waals surface area contributed by atoms with Gasteiger partial charge in [-0.1, -0.05) is 23.8 Å². The molecule has 0 spiro atoms. The molecule has 0 aliphatic heterocycles. The molecule has 1 aliphatic rings. The van der Waals surface area contributed by atoms with E-state index in [-0.39, 0.29) is 12.4 Å². The van der Waals surface area contributed by atoms with Gasteiger partial charge < -0.3 is 14.3 Å². The molecule has 0 atom stereocenters. The number of thiophene rings is 1. The number of carbonyl (C=O) groups is 1. The van der Waals surface area contributed by atoms with Crippen molar-refractivity contribution in [2.75, 3.05) is 6.61 Å². The lowest BCUT2D eigenvalue weighted by Crippen LogP contribution is -2.05. The Labute approximate surface area is 202 Å². The molecule has 4 aromatic rings. The summed E-state index contributed by atoms with van der Waals surface area (Å²) in [5.41, 5.74) is 7.06. The van der Waals surface area contributed by atoms with Crippen LogP contribution in [0.2, 0.25) is 0 Å². The van der Waals surface area contributed by atoms with Crippen molar-refractivity contribution in [1.29, 1.82) is 0 Å². The topological polar surface area (TPSA) is 72.0 Å². The zero-order valence-electron chi connectivity index (χ0n) is 19.6. The van der Waals surface area contributed by atoms with Crippen molar-refractivity contribution >= 4 is 39.5 Å². The maximum absolute atomic E-state index is 13.0. The van der Waals surface area contributed by atoms with Crippen LogP contribution in [0.1, 0.15) is 58.1 Å². The first-order valence-corrected chi connectivity index (χ1v) is 12.5. The molecule has 0 radical (unpaired) electrons. The third-order valence-corrected chi connectivity index (χ3v) is 7.26. The molecule has 174 valence electrons. The number of phenols is 1. The Hall–Kier alpha value is -3.38. The molecule has 2 aromatic carbocycles. The van der Waals surface area contributed by atoms with Gasteiger partial charge in [0.25, 0.3) is 0 Å². The number of aromatic hydroxyl groups is 1. The summed E-state index contributed by atoms with van der Waals surface area (Å²) >= 11 is 1.40. The maximum atomic E-state index is 13.0. The summed E-state index contributed by atoms with van der Waals surface area (Å²) < 4.78 is 11.5. The largest absolute Gasteiger partial charge is 0.507 e. The van der Waals surface area contributed by atoms with Crippen LogP contribution in [0.25, 0.3) is 22.1 Å². The lowest BCUT2D eigenvalue weighted by Gasteiger charge is -2.10. The van der Waals surface area contributed by atoms with Crippen molar-refractivity contribution in [3.8, 4) is 16.9 Å². The van der Waals surface area contributed by atoms with Crippen LogP contribution < -0.4 is 0 Å². The molecule has 6 heteroatoms. The summed E-state index contributed by atoms with van der Waals surface area (Å²) in [7, 11) is 0. The van der Waals surface area contributed by atoms with E-state index in [1.165, 1.54) is 16.9 Å². The molecule has 0 saturated heterocycles. The highest BCUT2D eigenvalue weighted by molar-refractivity contribution is 7.14. The van der Waals surface area contributed by atoms with Crippen LogP contribution in [0.3, 0.4) is 0 Å². The fraction of sp³-hybridized carbons (Fsp3) is 0.286. The number of phenolic OH excluding ortho intramolecular Hbond substituents is 1. The Morgan fingerprint density at radius 1 is 1.18 bits per heavy atom. The fourth-order valence-electron chi connectivity index (χ4n) is 4.78. The van der Waals surface area contributed by atoms with Crippen molar-refractivity contribution in [1.82, 2.24) is 0 Å². The van der Waals surface area contributed by atoms with E-state index in [0.717, 1.165) is 64.7 Å². The van der Waals surface area contributed by atoms with Crippen LogP contribution >= 0.6 is 11.3 Å². The number of carbonyl (C=O) groups excluding carboxylic acids is 1. The predicted molar refractivity (Wildman–Crippen MR) is 137 cm³/mol. The van der Waals surface area contributed by atoms with Gasteiger partial charge >= 0.3 is 5.97 Å². The average molecular weight is 474 g/mol. The molecule has 0 bridgehead atoms. The molecule has 0 amide bonds. The normalized spacial score (nSPS) is 13.5. The molecule has 34 heavy (non-hydrogen) atoms. The van der Waals surface area contributed by atoms with Crippen LogP contribution in [0.15, 0.2) is 45.1 Å². The van der Waals surface area contributed by atoms with Gasteiger partial charge in [-0.3, -0.25) is 0 Å². The van der Waals surface area contributed by atoms with Crippen LogP contribution in [-0.4, -0.2) is 23.9 Å². The number of hydrogen-bond donors (Lipinski definition) is 1. The van der Waals surface area contributed by atoms with E-state index in [4.69, 9.17) is 14.1 Å². The van der Waals surface area contributed by atoms with Crippen molar-refractivity contribution in [2.45, 2.75) is 46.5 Å². The Balaban J connectivity index is 1.63. The summed E-state index contributed by atoms with van der Waals surface area (Å²) in [6.07, 6.45) is 5.71. The van der Waals surface area contributed by atoms with Crippen molar-refractivity contribution in [2.24, 2.45) is 4.99 Å². The monoisotopic (exact) mass is 473 g/mol. The number of hydrogen-bond acceptors (Lipinski definition) is 6. The number of benzene rings is 2. The Bertz CT molecular complexity index is 1430. The molecule has 1 N–H and O–H groups in total. The standard InChI is InChI=1S/C28H27NO4S/c1-4-32-28(31)26-21(18-10-9-16(2)13-17(18)3)15-34-27(26)29-14-20-22(30)11-12-24-25(20)19-7-5-6-8-23(19)33-24/h9-15,30H,4-8H2,1-3H3. The Morgan fingerprint density at radius 3 is 2.79 bits per heavy atom. The minimum absolute atomic E-state index is 0.147. The smallest absolute Gasteiger partial charge is 0.341 e. The first-order valence-electron chi connectivity index (χ1n) is 11.6. The maximum Gasteiger partial charge on any atom is 0.341 e. The summed E-state index contributed by atoms with van der Waals surface area (Å²) in [5.74, 6) is 0.755. The number of aryl methyl sites for hydroxylation is 4. The van der Waals surface area contributed by atoms with E-state index in [1.54, 1.807) is 19.2 Å². The second kappa shape index (κ2) is 9.11. The van der Waals surface area contributed by atoms with E-state index in [2.05, 4.69) is 6.07 Å². The molecule has 5 nitrogen and oxygen atoms in total. The van der Waals surface area contributed by atoms with Gasteiger partial charge in [0.1, 0.15) is 27.7 Å². The van der Waals surface area contributed by atoms with Crippen molar-refractivity contribution < 1.29 is 19.1 Å². The van der Waals surface area contributed by atoms with Gasteiger partial charge in [-0.2, -0.15) is 0 Å². The van der Waals surface area contributed by atoms with E-state index in [1.807, 2.05) is 37.4 Å². The first kappa shape index (κ1) is 22.4. The number of rotatable bonds is 5. The second-order valence-corrected chi connectivity index (χ2v) is 9.57. The Morgan fingerprint density at radius 2 is 2.00 bits per heavy atom. The summed E-state index contributed by atoms with van der Waals surface area (Å²) in [6, 6.07) is 9.63. The molecule has 0 unspecified atom stereocenters. The van der Waals surface area contributed by atoms with Gasteiger partial charge in [-0.15, -0.1) is 11.3 Å². The van der Waals surface area contributed by atoms with Crippen LogP contribution in [0.5, 0.6) is 5.75 Å². The fourth-order valence-corrected chi connectivity index (χ4v) is 5.68. The average Bonchev–Trinajstić information content (AvgIpc) is 3.40. The first-order chi connectivity index (χ1) is 16.5. The number of fused-ring (bicyclic) bond motifs is 3. The van der Waals surface area contributed by atoms with Gasteiger partial charge in [0.15, 0.2) is 0 Å². The zero-order chi connectivity index (χ0) is 23.8. The minimum Gasteiger partial charge on any atom is -0.507 e. The van der Waals surface area contributed by atoms with E-state index in [0.29, 0.717) is 16.1 Å². The quantitative estimate of drug-likeness (QED) is 0.244. The summed E-state index contributed by atoms with van der Waals surface area (Å²) in [5, 5.41) is 14.1.